The van der Waals surface area contributed by atoms with Crippen LogP contribution in [0.3, 0.4) is 0 Å². The summed E-state index contributed by atoms with van der Waals surface area (Å²) in [5.74, 6) is -0.757. The number of carbonyl (C=O) groups is 1. The monoisotopic (exact) mass is 223 g/mol. The van der Waals surface area contributed by atoms with E-state index in [2.05, 4.69) is 0 Å². The van der Waals surface area contributed by atoms with E-state index in [-0.39, 0.29) is 47.6 Å². The van der Waals surface area contributed by atoms with Gasteiger partial charge < -0.3 is 5.11 Å². The van der Waals surface area contributed by atoms with Gasteiger partial charge in [0, 0.05) is 32.7 Å². The van der Waals surface area contributed by atoms with Gasteiger partial charge in [-0.2, -0.15) is 0 Å². The number of hydrogen-bond acceptors (Lipinski definition) is 1. The fourth-order valence-corrected chi connectivity index (χ4v) is 0. The summed E-state index contributed by atoms with van der Waals surface area (Å²) in [4.78, 5) is 10.0. The first-order valence-electron chi connectivity index (χ1n) is 2.18. The van der Waals surface area contributed by atoms with Gasteiger partial charge in [-0.05, 0) is 20.8 Å². The predicted molar refractivity (Wildman–Crippen MR) is 40.6 cm³/mol. The minimum Gasteiger partial charge on any atom is -0.481 e. The molecule has 1 N–H and O–H groups in total. The molecule has 0 saturated heterocycles. The largest absolute Gasteiger partial charge is 0.481 e. The van der Waals surface area contributed by atoms with E-state index in [1.54, 1.807) is 20.8 Å². The summed E-state index contributed by atoms with van der Waals surface area (Å²) in [7, 11) is 0. The van der Waals surface area contributed by atoms with Crippen molar-refractivity contribution in [3.63, 3.8) is 0 Å². The fraction of sp³-hybridized carbons (Fsp3) is 0.857. The minimum absolute atomic E-state index is 0. The van der Waals surface area contributed by atoms with Crippen LogP contribution in [0.1, 0.15) is 35.6 Å². The molecule has 1 radical (unpaired) electrons. The quantitative estimate of drug-likeness (QED) is 0.684. The van der Waals surface area contributed by atoms with Crippen molar-refractivity contribution in [3.8, 4) is 0 Å². The summed E-state index contributed by atoms with van der Waals surface area (Å²) < 4.78 is 0. The van der Waals surface area contributed by atoms with Crippen LogP contribution < -0.4 is 0 Å². The zero-order chi connectivity index (χ0) is 6.08. The molecule has 10 heavy (non-hydrogen) atoms. The molecular formula is C7H18O2Y. The summed E-state index contributed by atoms with van der Waals surface area (Å²) in [5, 5.41) is 8.25. The molecule has 0 bridgehead atoms. The van der Waals surface area contributed by atoms with Crippen LogP contribution in [0.2, 0.25) is 0 Å². The van der Waals surface area contributed by atoms with Crippen molar-refractivity contribution in [3.05, 3.63) is 0 Å². The third-order valence-corrected chi connectivity index (χ3v) is 0.642. The molecule has 0 aromatic heterocycles. The normalized spacial score (nSPS) is 7.90. The third kappa shape index (κ3) is 11.4. The molecule has 0 atom stereocenters. The van der Waals surface area contributed by atoms with Crippen molar-refractivity contribution >= 4 is 5.97 Å². The Morgan fingerprint density at radius 1 is 1.20 bits per heavy atom. The fourth-order valence-electron chi connectivity index (χ4n) is 0. The van der Waals surface area contributed by atoms with Gasteiger partial charge >= 0.3 is 5.97 Å². The van der Waals surface area contributed by atoms with Gasteiger partial charge in [-0.25, -0.2) is 0 Å². The van der Waals surface area contributed by atoms with Gasteiger partial charge in [-0.1, -0.05) is 14.9 Å². The van der Waals surface area contributed by atoms with Crippen LogP contribution >= 0.6 is 0 Å². The molecule has 0 rings (SSSR count). The van der Waals surface area contributed by atoms with Crippen LogP contribution in [0.4, 0.5) is 0 Å². The molecular weight excluding hydrogens is 205 g/mol. The Labute approximate surface area is 89.3 Å². The second kappa shape index (κ2) is 7.68. The number of carboxylic acids is 1. The van der Waals surface area contributed by atoms with Crippen molar-refractivity contribution in [1.29, 1.82) is 0 Å². The van der Waals surface area contributed by atoms with E-state index in [0.29, 0.717) is 0 Å². The number of rotatable bonds is 0. The average molecular weight is 223 g/mol. The number of aliphatic carboxylic acids is 1. The Bertz CT molecular complexity index is 84.1. The molecule has 3 heteroatoms. The molecule has 0 saturated carbocycles. The maximum atomic E-state index is 10.0. The molecule has 0 aliphatic heterocycles. The van der Waals surface area contributed by atoms with Crippen LogP contribution in [0, 0.1) is 5.41 Å². The van der Waals surface area contributed by atoms with Gasteiger partial charge in [0.25, 0.3) is 0 Å². The van der Waals surface area contributed by atoms with Crippen LogP contribution in [-0.2, 0) is 37.5 Å². The summed E-state index contributed by atoms with van der Waals surface area (Å²) in [6.45, 7) is 4.99. The molecule has 0 spiro atoms. The maximum absolute atomic E-state index is 10.0. The van der Waals surface area contributed by atoms with Crippen LogP contribution in [0.5, 0.6) is 0 Å². The standard InChI is InChI=1S/C5H10O2.2CH4.Y/c1-5(2,3)4(6)7;;;/h1-3H3,(H,6,7);2*1H4;. The zero-order valence-corrected chi connectivity index (χ0v) is 8.27. The van der Waals surface area contributed by atoms with Crippen LogP contribution in [0.25, 0.3) is 0 Å². The van der Waals surface area contributed by atoms with Crippen LogP contribution in [-0.4, -0.2) is 11.1 Å². The maximum Gasteiger partial charge on any atom is 0.308 e. The van der Waals surface area contributed by atoms with Crippen molar-refractivity contribution in [2.45, 2.75) is 35.6 Å². The van der Waals surface area contributed by atoms with E-state index >= 15 is 0 Å². The van der Waals surface area contributed by atoms with Gasteiger partial charge in [0.15, 0.2) is 0 Å². The predicted octanol–water partition coefficient (Wildman–Crippen LogP) is 2.39. The van der Waals surface area contributed by atoms with E-state index < -0.39 is 11.4 Å². The minimum atomic E-state index is -0.757. The topological polar surface area (TPSA) is 37.3 Å². The molecule has 0 heterocycles. The smallest absolute Gasteiger partial charge is 0.308 e. The van der Waals surface area contributed by atoms with Crippen LogP contribution in [0.15, 0.2) is 0 Å². The number of hydrogen-bond donors (Lipinski definition) is 1. The Hall–Kier alpha value is 0.574. The Morgan fingerprint density at radius 3 is 1.30 bits per heavy atom. The Kier molecular flexibility index (Phi) is 17.2. The first-order chi connectivity index (χ1) is 2.94. The molecule has 0 amide bonds. The van der Waals surface area contributed by atoms with Gasteiger partial charge in [0.1, 0.15) is 0 Å². The van der Waals surface area contributed by atoms with Gasteiger partial charge in [-0.15, -0.1) is 0 Å². The first-order valence-corrected chi connectivity index (χ1v) is 2.18. The molecule has 0 fully saturated rings. The van der Waals surface area contributed by atoms with E-state index in [4.69, 9.17) is 5.11 Å². The van der Waals surface area contributed by atoms with Gasteiger partial charge in [0.2, 0.25) is 0 Å². The second-order valence-electron chi connectivity index (χ2n) is 2.56. The summed E-state index contributed by atoms with van der Waals surface area (Å²) in [6.07, 6.45) is 0. The van der Waals surface area contributed by atoms with Crippen molar-refractivity contribution in [1.82, 2.24) is 0 Å². The molecule has 0 aromatic carbocycles. The Morgan fingerprint density at radius 2 is 1.30 bits per heavy atom. The number of carboxylic acid groups (broad SMARTS) is 1. The van der Waals surface area contributed by atoms with E-state index in [9.17, 15) is 4.79 Å². The van der Waals surface area contributed by atoms with Crippen molar-refractivity contribution in [2.24, 2.45) is 5.41 Å². The molecule has 0 aliphatic rings. The molecule has 0 unspecified atom stereocenters. The Balaban J connectivity index is -0.0000000600. The van der Waals surface area contributed by atoms with Gasteiger partial charge in [0.05, 0.1) is 5.41 Å². The van der Waals surface area contributed by atoms with E-state index in [1.807, 2.05) is 0 Å². The average Bonchev–Trinajstić information content (AvgIpc) is 1.31. The zero-order valence-electron chi connectivity index (χ0n) is 5.43. The third-order valence-electron chi connectivity index (χ3n) is 0.642. The van der Waals surface area contributed by atoms with E-state index in [0.717, 1.165) is 0 Å². The molecule has 61 valence electrons. The summed E-state index contributed by atoms with van der Waals surface area (Å²) in [6, 6.07) is 0. The summed E-state index contributed by atoms with van der Waals surface area (Å²) >= 11 is 0. The van der Waals surface area contributed by atoms with Gasteiger partial charge in [-0.3, -0.25) is 4.79 Å². The SMILES string of the molecule is C.C.CC(C)(C)C(=O)O.[Y]. The molecule has 2 nitrogen and oxygen atoms in total. The summed E-state index contributed by atoms with van der Waals surface area (Å²) in [5.41, 5.74) is -0.583. The molecule has 0 aliphatic carbocycles. The molecule has 0 aromatic rings. The second-order valence-corrected chi connectivity index (χ2v) is 2.56. The van der Waals surface area contributed by atoms with E-state index in [1.165, 1.54) is 0 Å². The van der Waals surface area contributed by atoms with Crippen molar-refractivity contribution in [2.75, 3.05) is 0 Å². The first kappa shape index (κ1) is 22.4. The van der Waals surface area contributed by atoms with Crippen molar-refractivity contribution < 1.29 is 42.6 Å².